The Morgan fingerprint density at radius 2 is 2.04 bits per heavy atom. The molecule has 0 aliphatic carbocycles. The lowest BCUT2D eigenvalue weighted by molar-refractivity contribution is -0.142. The molecule has 6 nitrogen and oxygen atoms in total. The van der Waals surface area contributed by atoms with Gasteiger partial charge in [-0.25, -0.2) is 4.98 Å². The van der Waals surface area contributed by atoms with Gasteiger partial charge in [-0.2, -0.15) is 0 Å². The van der Waals surface area contributed by atoms with Crippen molar-refractivity contribution >= 4 is 5.91 Å². The van der Waals surface area contributed by atoms with Gasteiger partial charge in [0.1, 0.15) is 11.9 Å². The molecule has 1 aromatic rings. The first kappa shape index (κ1) is 16.5. The lowest BCUT2D eigenvalue weighted by Crippen LogP contribution is -2.51. The number of carbonyl (C=O) groups is 1. The van der Waals surface area contributed by atoms with E-state index >= 15 is 0 Å². The van der Waals surface area contributed by atoms with E-state index in [9.17, 15) is 4.79 Å². The third kappa shape index (κ3) is 3.93. The van der Waals surface area contributed by atoms with Gasteiger partial charge in [-0.05, 0) is 12.8 Å². The minimum atomic E-state index is -0.206. The maximum absolute atomic E-state index is 12.3. The van der Waals surface area contributed by atoms with Gasteiger partial charge in [0.25, 0.3) is 5.91 Å². The molecule has 0 radical (unpaired) electrons. The highest BCUT2D eigenvalue weighted by molar-refractivity contribution is 5.81. The van der Waals surface area contributed by atoms with Crippen LogP contribution in [0.4, 0.5) is 0 Å². The van der Waals surface area contributed by atoms with E-state index in [1.165, 1.54) is 0 Å². The predicted octanol–water partition coefficient (Wildman–Crippen LogP) is 1.80. The number of aromatic nitrogens is 1. The fourth-order valence-electron chi connectivity index (χ4n) is 3.02. The normalized spacial score (nSPS) is 23.4. The van der Waals surface area contributed by atoms with Gasteiger partial charge < -0.3 is 14.1 Å². The topological polar surface area (TPSA) is 58.8 Å². The third-order valence-corrected chi connectivity index (χ3v) is 4.54. The van der Waals surface area contributed by atoms with Crippen LogP contribution in [0, 0.1) is 0 Å². The molecule has 0 saturated carbocycles. The highest BCUT2D eigenvalue weighted by Gasteiger charge is 2.30. The number of oxazole rings is 1. The highest BCUT2D eigenvalue weighted by Crippen LogP contribution is 2.23. The molecule has 1 atom stereocenters. The molecular formula is C17H27N3O3. The number of nitrogens with zero attached hydrogens (tertiary/aromatic N) is 3. The van der Waals surface area contributed by atoms with Gasteiger partial charge in [-0.1, -0.05) is 20.8 Å². The Hall–Kier alpha value is -1.40. The standard InChI is InChI=1S/C17H27N3O3/c1-17(2,3)14-11-18-15(23-14)12-19-6-8-20(9-7-19)16(21)13-5-4-10-22-13/h11,13H,4-10,12H2,1-3H3/t13-/m1/s1. The van der Waals surface area contributed by atoms with E-state index in [0.29, 0.717) is 6.54 Å². The molecule has 1 amide bonds. The summed E-state index contributed by atoms with van der Waals surface area (Å²) >= 11 is 0. The van der Waals surface area contributed by atoms with Crippen LogP contribution in [0.25, 0.3) is 0 Å². The van der Waals surface area contributed by atoms with Crippen molar-refractivity contribution in [2.45, 2.75) is 51.7 Å². The lowest BCUT2D eigenvalue weighted by atomic mass is 9.94. The number of carbonyl (C=O) groups excluding carboxylic acids is 1. The Morgan fingerprint density at radius 3 is 2.61 bits per heavy atom. The Labute approximate surface area is 137 Å². The first-order valence-electron chi connectivity index (χ1n) is 8.51. The first-order valence-corrected chi connectivity index (χ1v) is 8.51. The monoisotopic (exact) mass is 321 g/mol. The predicted molar refractivity (Wildman–Crippen MR) is 86.0 cm³/mol. The molecule has 0 spiro atoms. The summed E-state index contributed by atoms with van der Waals surface area (Å²) in [7, 11) is 0. The average molecular weight is 321 g/mol. The fourth-order valence-corrected chi connectivity index (χ4v) is 3.02. The summed E-state index contributed by atoms with van der Waals surface area (Å²) in [5.41, 5.74) is -0.0162. The van der Waals surface area contributed by atoms with Crippen molar-refractivity contribution in [1.29, 1.82) is 0 Å². The van der Waals surface area contributed by atoms with Gasteiger partial charge in [-0.15, -0.1) is 0 Å². The summed E-state index contributed by atoms with van der Waals surface area (Å²) in [6.45, 7) is 11.0. The second-order valence-electron chi connectivity index (χ2n) is 7.47. The van der Waals surface area contributed by atoms with Crippen LogP contribution in [0.15, 0.2) is 10.6 Å². The zero-order chi connectivity index (χ0) is 16.4. The van der Waals surface area contributed by atoms with Gasteiger partial charge in [0.2, 0.25) is 5.89 Å². The minimum absolute atomic E-state index is 0.0162. The summed E-state index contributed by atoms with van der Waals surface area (Å²) in [5, 5.41) is 0. The number of hydrogen-bond acceptors (Lipinski definition) is 5. The second kappa shape index (κ2) is 6.61. The van der Waals surface area contributed by atoms with Crippen LogP contribution in [-0.4, -0.2) is 59.6 Å². The van der Waals surface area contributed by atoms with E-state index in [0.717, 1.165) is 57.3 Å². The maximum atomic E-state index is 12.3. The molecule has 0 aromatic carbocycles. The van der Waals surface area contributed by atoms with E-state index in [1.807, 2.05) is 11.1 Å². The number of hydrogen-bond donors (Lipinski definition) is 0. The van der Waals surface area contributed by atoms with Crippen LogP contribution >= 0.6 is 0 Å². The first-order chi connectivity index (χ1) is 10.9. The number of piperazine rings is 1. The highest BCUT2D eigenvalue weighted by atomic mass is 16.5. The summed E-state index contributed by atoms with van der Waals surface area (Å²) in [4.78, 5) is 20.9. The van der Waals surface area contributed by atoms with Crippen molar-refractivity contribution in [3.63, 3.8) is 0 Å². The molecule has 2 aliphatic heterocycles. The molecule has 6 heteroatoms. The number of rotatable bonds is 3. The summed E-state index contributed by atoms with van der Waals surface area (Å²) < 4.78 is 11.3. The van der Waals surface area contributed by atoms with Crippen LogP contribution in [0.5, 0.6) is 0 Å². The van der Waals surface area contributed by atoms with Crippen LogP contribution in [0.1, 0.15) is 45.3 Å². The van der Waals surface area contributed by atoms with Crippen molar-refractivity contribution in [1.82, 2.24) is 14.8 Å². The van der Waals surface area contributed by atoms with Crippen LogP contribution < -0.4 is 0 Å². The van der Waals surface area contributed by atoms with Gasteiger partial charge >= 0.3 is 0 Å². The maximum Gasteiger partial charge on any atom is 0.251 e. The molecule has 128 valence electrons. The lowest BCUT2D eigenvalue weighted by Gasteiger charge is -2.35. The zero-order valence-corrected chi connectivity index (χ0v) is 14.4. The SMILES string of the molecule is CC(C)(C)c1cnc(CN2CCN(C(=O)[C@H]3CCCO3)CC2)o1. The fraction of sp³-hybridized carbons (Fsp3) is 0.765. The number of ether oxygens (including phenoxy) is 1. The van der Waals surface area contributed by atoms with E-state index in [-0.39, 0.29) is 17.4 Å². The molecule has 0 bridgehead atoms. The summed E-state index contributed by atoms with van der Waals surface area (Å²) in [6.07, 6.45) is 3.48. The summed E-state index contributed by atoms with van der Waals surface area (Å²) in [6, 6.07) is 0. The molecule has 2 aliphatic rings. The second-order valence-corrected chi connectivity index (χ2v) is 7.47. The van der Waals surface area contributed by atoms with E-state index in [1.54, 1.807) is 0 Å². The largest absolute Gasteiger partial charge is 0.444 e. The van der Waals surface area contributed by atoms with Crippen LogP contribution in [-0.2, 0) is 21.5 Å². The van der Waals surface area contributed by atoms with Crippen LogP contribution in [0.2, 0.25) is 0 Å². The molecular weight excluding hydrogens is 294 g/mol. The molecule has 3 heterocycles. The molecule has 1 aromatic heterocycles. The van der Waals surface area contributed by atoms with Crippen molar-refractivity contribution in [3.05, 3.63) is 17.8 Å². The Kier molecular flexibility index (Phi) is 4.73. The van der Waals surface area contributed by atoms with Gasteiger partial charge in [0.05, 0.1) is 12.7 Å². The molecule has 2 fully saturated rings. The van der Waals surface area contributed by atoms with Crippen molar-refractivity contribution in [2.24, 2.45) is 0 Å². The molecule has 3 rings (SSSR count). The zero-order valence-electron chi connectivity index (χ0n) is 14.4. The Balaban J connectivity index is 1.49. The Morgan fingerprint density at radius 1 is 1.30 bits per heavy atom. The van der Waals surface area contributed by atoms with Crippen molar-refractivity contribution in [3.8, 4) is 0 Å². The van der Waals surface area contributed by atoms with E-state index in [2.05, 4.69) is 30.7 Å². The smallest absolute Gasteiger partial charge is 0.251 e. The molecule has 2 saturated heterocycles. The molecule has 23 heavy (non-hydrogen) atoms. The van der Waals surface area contributed by atoms with Gasteiger partial charge in [0, 0.05) is 38.2 Å². The quantitative estimate of drug-likeness (QED) is 0.849. The van der Waals surface area contributed by atoms with E-state index in [4.69, 9.17) is 9.15 Å². The summed E-state index contributed by atoms with van der Waals surface area (Å²) in [5.74, 6) is 1.84. The van der Waals surface area contributed by atoms with Gasteiger partial charge in [-0.3, -0.25) is 9.69 Å². The van der Waals surface area contributed by atoms with E-state index < -0.39 is 0 Å². The Bertz CT molecular complexity index is 536. The van der Waals surface area contributed by atoms with Crippen molar-refractivity contribution in [2.75, 3.05) is 32.8 Å². The third-order valence-electron chi connectivity index (χ3n) is 4.54. The molecule has 0 N–H and O–H groups in total. The van der Waals surface area contributed by atoms with Crippen LogP contribution in [0.3, 0.4) is 0 Å². The van der Waals surface area contributed by atoms with Gasteiger partial charge in [0.15, 0.2) is 0 Å². The number of amides is 1. The van der Waals surface area contributed by atoms with Crippen molar-refractivity contribution < 1.29 is 13.9 Å². The average Bonchev–Trinajstić information content (AvgIpc) is 3.18. The molecule has 0 unspecified atom stereocenters. The minimum Gasteiger partial charge on any atom is -0.444 e.